The number of fused-ring (bicyclic) bond motifs is 2. The Morgan fingerprint density at radius 1 is 0.955 bits per heavy atom. The fourth-order valence-corrected chi connectivity index (χ4v) is 5.03. The van der Waals surface area contributed by atoms with Gasteiger partial charge < -0.3 is 4.57 Å². The average molecular weight is 328 g/mol. The lowest BCUT2D eigenvalue weighted by atomic mass is 9.73. The van der Waals surface area contributed by atoms with Crippen LogP contribution < -0.4 is 0 Å². The molecule has 0 radical (unpaired) electrons. The molecule has 2 aromatic rings. The molecule has 6 heteroatoms. The van der Waals surface area contributed by atoms with Crippen LogP contribution in [0.1, 0.15) is 19.3 Å². The number of nitrogens with zero attached hydrogens (tertiary/aromatic N) is 2. The molecule has 0 N–H and O–H groups in total. The normalized spacial score (nSPS) is 24.5. The Hall–Kier alpha value is -0.880. The minimum atomic E-state index is -4.27. The number of halogens is 3. The van der Waals surface area contributed by atoms with Gasteiger partial charge in [-0.15, -0.1) is 0 Å². The fourth-order valence-electron chi connectivity index (χ4n) is 4.13. The maximum absolute atomic E-state index is 14.5. The second-order valence-corrected chi connectivity index (χ2v) is 7.53. The van der Waals surface area contributed by atoms with E-state index in [1.165, 1.54) is 0 Å². The van der Waals surface area contributed by atoms with Crippen molar-refractivity contribution >= 4 is 22.8 Å². The molecule has 1 aliphatic heterocycles. The summed E-state index contributed by atoms with van der Waals surface area (Å²) in [5.74, 6) is 1.23. The van der Waals surface area contributed by atoms with Crippen LogP contribution in [0.3, 0.4) is 0 Å². The minimum Gasteiger partial charge on any atom is -0.314 e. The van der Waals surface area contributed by atoms with Crippen molar-refractivity contribution < 1.29 is 13.2 Å². The quantitative estimate of drug-likeness (QED) is 0.836. The van der Waals surface area contributed by atoms with Crippen LogP contribution in [0.2, 0.25) is 0 Å². The summed E-state index contributed by atoms with van der Waals surface area (Å²) in [5.41, 5.74) is -0.473. The van der Waals surface area contributed by atoms with E-state index < -0.39 is 11.8 Å². The Balaban J connectivity index is 1.92. The second-order valence-electron chi connectivity index (χ2n) is 6.30. The maximum Gasteiger partial charge on any atom is 0.426 e. The van der Waals surface area contributed by atoms with Crippen LogP contribution in [0.25, 0.3) is 11.0 Å². The van der Waals surface area contributed by atoms with Crippen molar-refractivity contribution in [2.24, 2.45) is 5.92 Å². The molecule has 0 spiro atoms. The first kappa shape index (κ1) is 14.7. The Labute approximate surface area is 132 Å². The summed E-state index contributed by atoms with van der Waals surface area (Å²) in [4.78, 5) is 1.72. The molecular formula is C16H19F3N2S. The minimum absolute atomic E-state index is 0.333. The fraction of sp³-hybridized carbons (Fsp3) is 0.625. The molecule has 0 aromatic carbocycles. The van der Waals surface area contributed by atoms with E-state index in [1.54, 1.807) is 21.2 Å². The van der Waals surface area contributed by atoms with Crippen molar-refractivity contribution in [3.63, 3.8) is 0 Å². The average Bonchev–Trinajstić information content (AvgIpc) is 3.02. The SMILES string of the molecule is FC(F)(F)C(C1CCC1)(N1CCSCC1)n1c2ccc1cc2. The molecule has 1 aliphatic carbocycles. The van der Waals surface area contributed by atoms with Crippen LogP contribution in [-0.2, 0) is 5.66 Å². The Bertz CT molecular complexity index is 595. The summed E-state index contributed by atoms with van der Waals surface area (Å²) in [6, 6.07) is 7.25. The van der Waals surface area contributed by atoms with Crippen LogP contribution in [0.4, 0.5) is 13.2 Å². The molecule has 4 rings (SSSR count). The van der Waals surface area contributed by atoms with Crippen molar-refractivity contribution in [2.45, 2.75) is 31.1 Å². The molecule has 2 bridgehead atoms. The summed E-state index contributed by atoms with van der Waals surface area (Å²) < 4.78 is 45.0. The highest BCUT2D eigenvalue weighted by atomic mass is 32.2. The number of hydrogen-bond acceptors (Lipinski definition) is 2. The highest BCUT2D eigenvalue weighted by Crippen LogP contribution is 2.54. The van der Waals surface area contributed by atoms with Gasteiger partial charge in [0.2, 0.25) is 0 Å². The van der Waals surface area contributed by atoms with Gasteiger partial charge in [-0.05, 0) is 37.1 Å². The first-order valence-electron chi connectivity index (χ1n) is 7.85. The molecule has 1 saturated heterocycles. The summed E-state index contributed by atoms with van der Waals surface area (Å²) >= 11 is 1.75. The first-order valence-corrected chi connectivity index (χ1v) is 9.00. The van der Waals surface area contributed by atoms with Gasteiger partial charge in [-0.2, -0.15) is 24.9 Å². The molecule has 1 atom stereocenters. The molecule has 0 amide bonds. The van der Waals surface area contributed by atoms with Gasteiger partial charge in [0.25, 0.3) is 0 Å². The molecule has 2 nitrogen and oxygen atoms in total. The van der Waals surface area contributed by atoms with Gasteiger partial charge in [0.1, 0.15) is 0 Å². The predicted octanol–water partition coefficient (Wildman–Crippen LogP) is 4.14. The van der Waals surface area contributed by atoms with Gasteiger partial charge in [0.05, 0.1) is 0 Å². The van der Waals surface area contributed by atoms with Gasteiger partial charge in [-0.3, -0.25) is 4.90 Å². The molecule has 2 aromatic heterocycles. The third kappa shape index (κ3) is 1.86. The van der Waals surface area contributed by atoms with E-state index in [-0.39, 0.29) is 5.92 Å². The lowest BCUT2D eigenvalue weighted by Crippen LogP contribution is -2.66. The van der Waals surface area contributed by atoms with Crippen molar-refractivity contribution in [2.75, 3.05) is 24.6 Å². The molecule has 1 unspecified atom stereocenters. The molecule has 2 fully saturated rings. The Kier molecular flexibility index (Phi) is 3.38. The standard InChI is InChI=1S/C16H19F3N2S/c17-16(18,19)15(12-2-1-3-12,20-8-10-22-11-9-20)21-13-4-5-14(21)7-6-13/h4-7,12H,1-3,8-11H2. The van der Waals surface area contributed by atoms with Crippen LogP contribution in [0.5, 0.6) is 0 Å². The highest BCUT2D eigenvalue weighted by molar-refractivity contribution is 7.99. The van der Waals surface area contributed by atoms with E-state index in [9.17, 15) is 13.2 Å². The van der Waals surface area contributed by atoms with E-state index in [0.29, 0.717) is 37.0 Å². The Morgan fingerprint density at radius 2 is 1.50 bits per heavy atom. The zero-order valence-corrected chi connectivity index (χ0v) is 13.1. The van der Waals surface area contributed by atoms with E-state index in [1.807, 2.05) is 24.3 Å². The Morgan fingerprint density at radius 3 is 1.91 bits per heavy atom. The second kappa shape index (κ2) is 5.06. The van der Waals surface area contributed by atoms with Gasteiger partial charge in [-0.1, -0.05) is 6.42 Å². The van der Waals surface area contributed by atoms with E-state index in [2.05, 4.69) is 0 Å². The van der Waals surface area contributed by atoms with Crippen LogP contribution >= 0.6 is 11.8 Å². The number of aromatic nitrogens is 1. The molecule has 22 heavy (non-hydrogen) atoms. The third-order valence-electron chi connectivity index (χ3n) is 5.29. The van der Waals surface area contributed by atoms with Gasteiger partial charge in [-0.25, -0.2) is 0 Å². The van der Waals surface area contributed by atoms with Crippen LogP contribution in [-0.4, -0.2) is 40.2 Å². The highest BCUT2D eigenvalue weighted by Gasteiger charge is 2.65. The molecule has 120 valence electrons. The number of thioether (sulfide) groups is 1. The summed E-state index contributed by atoms with van der Waals surface area (Å²) in [5, 5.41) is 0. The topological polar surface area (TPSA) is 8.17 Å². The van der Waals surface area contributed by atoms with Crippen LogP contribution in [0.15, 0.2) is 24.3 Å². The van der Waals surface area contributed by atoms with Gasteiger partial charge in [0.15, 0.2) is 5.66 Å². The maximum atomic E-state index is 14.5. The van der Waals surface area contributed by atoms with Crippen molar-refractivity contribution in [1.82, 2.24) is 9.47 Å². The van der Waals surface area contributed by atoms with Crippen molar-refractivity contribution in [3.05, 3.63) is 24.3 Å². The number of rotatable bonds is 3. The molecule has 3 heterocycles. The van der Waals surface area contributed by atoms with E-state index in [4.69, 9.17) is 0 Å². The first-order chi connectivity index (χ1) is 10.5. The number of alkyl halides is 3. The summed E-state index contributed by atoms with van der Waals surface area (Å²) in [6.45, 7) is 1.02. The van der Waals surface area contributed by atoms with Crippen molar-refractivity contribution in [1.29, 1.82) is 0 Å². The number of hydrogen-bond donors (Lipinski definition) is 0. The largest absolute Gasteiger partial charge is 0.426 e. The zero-order valence-electron chi connectivity index (χ0n) is 12.3. The summed E-state index contributed by atoms with van der Waals surface area (Å²) in [7, 11) is 0. The summed E-state index contributed by atoms with van der Waals surface area (Å²) in [6.07, 6.45) is -2.03. The van der Waals surface area contributed by atoms with E-state index >= 15 is 0 Å². The smallest absolute Gasteiger partial charge is 0.314 e. The lowest BCUT2D eigenvalue weighted by molar-refractivity contribution is -0.293. The van der Waals surface area contributed by atoms with Crippen molar-refractivity contribution in [3.8, 4) is 0 Å². The number of benzene rings is 1. The molecular weight excluding hydrogens is 309 g/mol. The van der Waals surface area contributed by atoms with E-state index in [0.717, 1.165) is 17.9 Å². The van der Waals surface area contributed by atoms with Gasteiger partial charge >= 0.3 is 6.18 Å². The monoisotopic (exact) mass is 328 g/mol. The van der Waals surface area contributed by atoms with Gasteiger partial charge in [0, 0.05) is 41.5 Å². The molecule has 1 saturated carbocycles. The van der Waals surface area contributed by atoms with Crippen LogP contribution in [0, 0.1) is 5.92 Å². The third-order valence-corrected chi connectivity index (χ3v) is 6.23. The lowest BCUT2D eigenvalue weighted by Gasteiger charge is -2.54. The molecule has 2 aliphatic rings. The zero-order chi connectivity index (χ0) is 15.4. The predicted molar refractivity (Wildman–Crippen MR) is 83.4 cm³/mol.